The summed E-state index contributed by atoms with van der Waals surface area (Å²) in [5.74, 6) is 1.93. The molecular weight excluding hydrogens is 394 g/mol. The normalized spacial score (nSPS) is 11.7. The van der Waals surface area contributed by atoms with E-state index in [1.165, 1.54) is 4.90 Å². The van der Waals surface area contributed by atoms with Gasteiger partial charge in [0.15, 0.2) is 6.10 Å². The molecule has 0 aliphatic rings. The molecule has 152 valence electrons. The number of hydrogen-bond acceptors (Lipinski definition) is 6. The molecule has 1 atom stereocenters. The first-order valence-electron chi connectivity index (χ1n) is 9.14. The number of hydrogen-bond donors (Lipinski definition) is 0. The molecule has 0 saturated carbocycles. The number of halogens is 1. The van der Waals surface area contributed by atoms with Gasteiger partial charge in [0, 0.05) is 17.6 Å². The average Bonchev–Trinajstić information content (AvgIpc) is 3.20. The summed E-state index contributed by atoms with van der Waals surface area (Å²) in [5.41, 5.74) is 0.785. The Balaban J connectivity index is 1.63. The van der Waals surface area contributed by atoms with Crippen molar-refractivity contribution in [2.24, 2.45) is 0 Å². The van der Waals surface area contributed by atoms with E-state index in [9.17, 15) is 4.79 Å². The highest BCUT2D eigenvalue weighted by atomic mass is 35.5. The maximum absolute atomic E-state index is 12.8. The number of carbonyl (C=O) groups excluding carboxylic acids is 1. The van der Waals surface area contributed by atoms with E-state index >= 15 is 0 Å². The highest BCUT2D eigenvalue weighted by molar-refractivity contribution is 6.30. The highest BCUT2D eigenvalue weighted by Gasteiger charge is 2.24. The molecule has 2 aromatic carbocycles. The third-order valence-corrected chi connectivity index (χ3v) is 4.56. The number of nitrogens with zero attached hydrogens (tertiary/aromatic N) is 3. The summed E-state index contributed by atoms with van der Waals surface area (Å²) in [7, 11) is 3.27. The van der Waals surface area contributed by atoms with Crippen LogP contribution in [0.2, 0.25) is 5.02 Å². The topological polar surface area (TPSA) is 77.7 Å². The van der Waals surface area contributed by atoms with Gasteiger partial charge in [-0.2, -0.15) is 4.98 Å². The van der Waals surface area contributed by atoms with Gasteiger partial charge in [-0.25, -0.2) is 0 Å². The third-order valence-electron chi connectivity index (χ3n) is 4.30. The predicted octanol–water partition coefficient (Wildman–Crippen LogP) is 4.21. The third kappa shape index (κ3) is 5.26. The summed E-state index contributed by atoms with van der Waals surface area (Å²) in [4.78, 5) is 18.7. The second-order valence-corrected chi connectivity index (χ2v) is 6.84. The van der Waals surface area contributed by atoms with E-state index in [1.54, 1.807) is 50.6 Å². The number of methoxy groups -OCH3 is 1. The maximum atomic E-state index is 12.8. The lowest BCUT2D eigenvalue weighted by Crippen LogP contribution is -2.39. The minimum atomic E-state index is -0.618. The molecule has 0 unspecified atom stereocenters. The lowest BCUT2D eigenvalue weighted by Gasteiger charge is -2.22. The number of carbonyl (C=O) groups is 1. The van der Waals surface area contributed by atoms with Gasteiger partial charge in [-0.05, 0) is 55.0 Å². The minimum Gasteiger partial charge on any atom is -0.497 e. The molecule has 3 rings (SSSR count). The van der Waals surface area contributed by atoms with Crippen molar-refractivity contribution in [3.05, 3.63) is 59.4 Å². The van der Waals surface area contributed by atoms with Gasteiger partial charge in [-0.1, -0.05) is 23.7 Å². The second kappa shape index (κ2) is 9.43. The monoisotopic (exact) mass is 415 g/mol. The fraction of sp³-hybridized carbons (Fsp3) is 0.286. The van der Waals surface area contributed by atoms with Gasteiger partial charge in [0.1, 0.15) is 11.5 Å². The van der Waals surface area contributed by atoms with E-state index in [0.717, 1.165) is 11.3 Å². The molecule has 0 bridgehead atoms. The first-order chi connectivity index (χ1) is 14.0. The molecule has 7 nitrogen and oxygen atoms in total. The van der Waals surface area contributed by atoms with Gasteiger partial charge in [-0.15, -0.1) is 0 Å². The van der Waals surface area contributed by atoms with Crippen LogP contribution in [0.5, 0.6) is 11.5 Å². The molecule has 0 aliphatic heterocycles. The number of aromatic nitrogens is 2. The van der Waals surface area contributed by atoms with Crippen molar-refractivity contribution < 1.29 is 18.8 Å². The van der Waals surface area contributed by atoms with E-state index < -0.39 is 6.10 Å². The Hall–Kier alpha value is -3.06. The summed E-state index contributed by atoms with van der Waals surface area (Å²) in [5, 5.41) is 4.60. The summed E-state index contributed by atoms with van der Waals surface area (Å²) in [6.45, 7) is 2.08. The van der Waals surface area contributed by atoms with E-state index in [1.807, 2.05) is 19.1 Å². The Morgan fingerprint density at radius 1 is 1.14 bits per heavy atom. The van der Waals surface area contributed by atoms with E-state index in [-0.39, 0.29) is 12.5 Å². The van der Waals surface area contributed by atoms with Crippen molar-refractivity contribution in [1.29, 1.82) is 0 Å². The maximum Gasteiger partial charge on any atom is 0.263 e. The summed E-state index contributed by atoms with van der Waals surface area (Å²) < 4.78 is 16.3. The van der Waals surface area contributed by atoms with Crippen molar-refractivity contribution in [3.8, 4) is 22.9 Å². The van der Waals surface area contributed by atoms with E-state index in [0.29, 0.717) is 28.9 Å². The van der Waals surface area contributed by atoms with Crippen molar-refractivity contribution in [2.45, 2.75) is 26.0 Å². The van der Waals surface area contributed by atoms with Crippen LogP contribution in [0.3, 0.4) is 0 Å². The molecular formula is C21H22ClN3O4. The van der Waals surface area contributed by atoms with Crippen LogP contribution >= 0.6 is 11.6 Å². The van der Waals surface area contributed by atoms with Crippen LogP contribution in [0, 0.1) is 0 Å². The SMILES string of the molecule is CC[C@H](Oc1ccc(OC)cc1)C(=O)N(C)Cc1nc(-c2ccc(Cl)cc2)no1. The standard InChI is InChI=1S/C21H22ClN3O4/c1-4-18(28-17-11-9-16(27-3)10-12-17)21(26)25(2)13-19-23-20(24-29-19)14-5-7-15(22)8-6-14/h5-12,18H,4,13H2,1-3H3/t18-/m0/s1. The van der Waals surface area contributed by atoms with Crippen LogP contribution in [-0.4, -0.2) is 41.2 Å². The molecule has 0 radical (unpaired) electrons. The van der Waals surface area contributed by atoms with Crippen LogP contribution in [0.25, 0.3) is 11.4 Å². The molecule has 0 fully saturated rings. The van der Waals surface area contributed by atoms with Gasteiger partial charge in [0.2, 0.25) is 11.7 Å². The fourth-order valence-corrected chi connectivity index (χ4v) is 2.81. The van der Waals surface area contributed by atoms with Crippen molar-refractivity contribution in [2.75, 3.05) is 14.2 Å². The summed E-state index contributed by atoms with van der Waals surface area (Å²) >= 11 is 5.90. The molecule has 0 spiro atoms. The molecule has 29 heavy (non-hydrogen) atoms. The Kier molecular flexibility index (Phi) is 6.72. The Bertz CT molecular complexity index is 941. The highest BCUT2D eigenvalue weighted by Crippen LogP contribution is 2.21. The van der Waals surface area contributed by atoms with Crippen molar-refractivity contribution in [1.82, 2.24) is 15.0 Å². The number of likely N-dealkylation sites (N-methyl/N-ethyl adjacent to an activating group) is 1. The van der Waals surface area contributed by atoms with E-state index in [2.05, 4.69) is 10.1 Å². The molecule has 0 saturated heterocycles. The van der Waals surface area contributed by atoms with Crippen molar-refractivity contribution >= 4 is 17.5 Å². The van der Waals surface area contributed by atoms with Gasteiger partial charge in [0.05, 0.1) is 13.7 Å². The minimum absolute atomic E-state index is 0.172. The molecule has 0 N–H and O–H groups in total. The Morgan fingerprint density at radius 3 is 2.41 bits per heavy atom. The van der Waals surface area contributed by atoms with Gasteiger partial charge < -0.3 is 18.9 Å². The van der Waals surface area contributed by atoms with Crippen molar-refractivity contribution in [3.63, 3.8) is 0 Å². The largest absolute Gasteiger partial charge is 0.497 e. The quantitative estimate of drug-likeness (QED) is 0.548. The zero-order chi connectivity index (χ0) is 20.8. The number of amides is 1. The smallest absolute Gasteiger partial charge is 0.263 e. The number of ether oxygens (including phenoxy) is 2. The predicted molar refractivity (Wildman–Crippen MR) is 109 cm³/mol. The van der Waals surface area contributed by atoms with Gasteiger partial charge in [-0.3, -0.25) is 4.79 Å². The molecule has 1 amide bonds. The van der Waals surface area contributed by atoms with Crippen LogP contribution < -0.4 is 9.47 Å². The first-order valence-corrected chi connectivity index (χ1v) is 9.52. The van der Waals surface area contributed by atoms with Gasteiger partial charge in [0.25, 0.3) is 5.91 Å². The van der Waals surface area contributed by atoms with Crippen LogP contribution in [0.4, 0.5) is 0 Å². The summed E-state index contributed by atoms with van der Waals surface area (Å²) in [6.07, 6.45) is -0.0956. The molecule has 0 aliphatic carbocycles. The average molecular weight is 416 g/mol. The number of rotatable bonds is 8. The van der Waals surface area contributed by atoms with Crippen LogP contribution in [0.1, 0.15) is 19.2 Å². The second-order valence-electron chi connectivity index (χ2n) is 6.40. The van der Waals surface area contributed by atoms with E-state index in [4.69, 9.17) is 25.6 Å². The van der Waals surface area contributed by atoms with Crippen LogP contribution in [-0.2, 0) is 11.3 Å². The number of benzene rings is 2. The fourth-order valence-electron chi connectivity index (χ4n) is 2.69. The Labute approximate surface area is 174 Å². The first kappa shape index (κ1) is 20.7. The van der Waals surface area contributed by atoms with Gasteiger partial charge >= 0.3 is 0 Å². The van der Waals surface area contributed by atoms with Crippen LogP contribution in [0.15, 0.2) is 53.1 Å². The zero-order valence-corrected chi connectivity index (χ0v) is 17.2. The molecule has 1 aromatic heterocycles. The lowest BCUT2D eigenvalue weighted by molar-refractivity contribution is -0.138. The lowest BCUT2D eigenvalue weighted by atomic mass is 10.2. The molecule has 8 heteroatoms. The summed E-state index contributed by atoms with van der Waals surface area (Å²) in [6, 6.07) is 14.2. The molecule has 1 heterocycles. The molecule has 3 aromatic rings. The zero-order valence-electron chi connectivity index (χ0n) is 16.5. The Morgan fingerprint density at radius 2 is 1.79 bits per heavy atom.